The van der Waals surface area contributed by atoms with Crippen LogP contribution in [-0.4, -0.2) is 16.3 Å². The van der Waals surface area contributed by atoms with Crippen LogP contribution in [0.15, 0.2) is 22.8 Å². The first kappa shape index (κ1) is 8.30. The van der Waals surface area contributed by atoms with Gasteiger partial charge in [-0.15, -0.1) is 0 Å². The van der Waals surface area contributed by atoms with Gasteiger partial charge in [0.25, 0.3) is 0 Å². The zero-order chi connectivity index (χ0) is 8.27. The van der Waals surface area contributed by atoms with E-state index in [1.54, 1.807) is 19.1 Å². The van der Waals surface area contributed by atoms with Gasteiger partial charge in [-0.2, -0.15) is 0 Å². The number of hydrogen-bond donors (Lipinski definition) is 2. The van der Waals surface area contributed by atoms with Gasteiger partial charge in [0.05, 0.1) is 12.4 Å². The van der Waals surface area contributed by atoms with Crippen LogP contribution in [0.5, 0.6) is 0 Å². The first-order valence-electron chi connectivity index (χ1n) is 3.65. The molecule has 0 saturated carbocycles. The highest BCUT2D eigenvalue weighted by Crippen LogP contribution is 2.18. The molecule has 2 atom stereocenters. The van der Waals surface area contributed by atoms with E-state index in [1.807, 2.05) is 0 Å². The topological polar surface area (TPSA) is 53.6 Å². The van der Waals surface area contributed by atoms with E-state index in [1.165, 1.54) is 6.26 Å². The smallest absolute Gasteiger partial charge is 0.137 e. The molecule has 1 rings (SSSR count). The molecule has 2 N–H and O–H groups in total. The molecule has 0 bridgehead atoms. The molecule has 1 aromatic rings. The summed E-state index contributed by atoms with van der Waals surface area (Å²) in [5.74, 6) is 0.416. The van der Waals surface area contributed by atoms with Crippen molar-refractivity contribution < 1.29 is 14.6 Å². The fourth-order valence-corrected chi connectivity index (χ4v) is 0.872. The van der Waals surface area contributed by atoms with Gasteiger partial charge in [-0.25, -0.2) is 0 Å². The van der Waals surface area contributed by atoms with Crippen molar-refractivity contribution in [3.8, 4) is 0 Å². The Kier molecular flexibility index (Phi) is 2.68. The first-order chi connectivity index (χ1) is 5.25. The van der Waals surface area contributed by atoms with E-state index in [0.29, 0.717) is 12.2 Å². The lowest BCUT2D eigenvalue weighted by molar-refractivity contribution is 0.00377. The summed E-state index contributed by atoms with van der Waals surface area (Å²) >= 11 is 0. The predicted molar refractivity (Wildman–Crippen MR) is 40.0 cm³/mol. The molecule has 2 unspecified atom stereocenters. The summed E-state index contributed by atoms with van der Waals surface area (Å²) in [7, 11) is 0. The summed E-state index contributed by atoms with van der Waals surface area (Å²) in [6, 6.07) is 3.32. The minimum atomic E-state index is -0.894. The highest BCUT2D eigenvalue weighted by molar-refractivity contribution is 5.03. The summed E-state index contributed by atoms with van der Waals surface area (Å²) in [4.78, 5) is 0. The van der Waals surface area contributed by atoms with Gasteiger partial charge in [-0.1, -0.05) is 6.92 Å². The SMILES string of the molecule is CCC(O)C(O)c1ccco1. The van der Waals surface area contributed by atoms with Crippen molar-refractivity contribution in [1.29, 1.82) is 0 Å². The van der Waals surface area contributed by atoms with E-state index >= 15 is 0 Å². The molecule has 0 saturated heterocycles. The van der Waals surface area contributed by atoms with E-state index in [0.717, 1.165) is 0 Å². The number of hydrogen-bond acceptors (Lipinski definition) is 3. The van der Waals surface area contributed by atoms with E-state index in [4.69, 9.17) is 4.42 Å². The van der Waals surface area contributed by atoms with Crippen molar-refractivity contribution in [3.05, 3.63) is 24.2 Å². The van der Waals surface area contributed by atoms with E-state index in [-0.39, 0.29) is 0 Å². The first-order valence-corrected chi connectivity index (χ1v) is 3.65. The molecule has 62 valence electrons. The molecule has 0 aliphatic heterocycles. The molecule has 1 aromatic heterocycles. The van der Waals surface area contributed by atoms with Crippen LogP contribution < -0.4 is 0 Å². The third-order valence-corrected chi connectivity index (χ3v) is 1.62. The standard InChI is InChI=1S/C8H12O3/c1-2-6(9)8(10)7-4-3-5-11-7/h3-6,8-10H,2H2,1H3. The molecule has 0 fully saturated rings. The average Bonchev–Trinajstić information content (AvgIpc) is 2.53. The second kappa shape index (κ2) is 3.55. The number of furan rings is 1. The van der Waals surface area contributed by atoms with Crippen molar-refractivity contribution in [2.75, 3.05) is 0 Å². The largest absolute Gasteiger partial charge is 0.466 e. The highest BCUT2D eigenvalue weighted by atomic mass is 16.4. The van der Waals surface area contributed by atoms with Crippen LogP contribution in [0, 0.1) is 0 Å². The van der Waals surface area contributed by atoms with Crippen molar-refractivity contribution in [1.82, 2.24) is 0 Å². The summed E-state index contributed by atoms with van der Waals surface area (Å²) in [6.45, 7) is 1.80. The van der Waals surface area contributed by atoms with Crippen molar-refractivity contribution >= 4 is 0 Å². The molecule has 0 aliphatic rings. The zero-order valence-corrected chi connectivity index (χ0v) is 6.40. The Morgan fingerprint density at radius 1 is 1.55 bits per heavy atom. The second-order valence-electron chi connectivity index (χ2n) is 2.44. The third kappa shape index (κ3) is 1.82. The molecular formula is C8H12O3. The van der Waals surface area contributed by atoms with Crippen LogP contribution in [0.2, 0.25) is 0 Å². The lowest BCUT2D eigenvalue weighted by atomic mass is 10.1. The van der Waals surface area contributed by atoms with E-state index in [2.05, 4.69) is 0 Å². The monoisotopic (exact) mass is 156 g/mol. The Balaban J connectivity index is 2.62. The molecule has 0 aromatic carbocycles. The van der Waals surface area contributed by atoms with Crippen LogP contribution in [0.1, 0.15) is 25.2 Å². The molecule has 0 spiro atoms. The van der Waals surface area contributed by atoms with Gasteiger partial charge in [-0.05, 0) is 18.6 Å². The molecule has 11 heavy (non-hydrogen) atoms. The average molecular weight is 156 g/mol. The summed E-state index contributed by atoms with van der Waals surface area (Å²) in [5.41, 5.74) is 0. The minimum Gasteiger partial charge on any atom is -0.466 e. The van der Waals surface area contributed by atoms with Gasteiger partial charge in [0.2, 0.25) is 0 Å². The highest BCUT2D eigenvalue weighted by Gasteiger charge is 2.18. The van der Waals surface area contributed by atoms with E-state index in [9.17, 15) is 10.2 Å². The lowest BCUT2D eigenvalue weighted by Gasteiger charge is -2.12. The Hall–Kier alpha value is -0.800. The van der Waals surface area contributed by atoms with E-state index < -0.39 is 12.2 Å². The number of rotatable bonds is 3. The molecule has 3 heteroatoms. The molecule has 0 radical (unpaired) electrons. The molecule has 0 aliphatic carbocycles. The second-order valence-corrected chi connectivity index (χ2v) is 2.44. The molecule has 1 heterocycles. The maximum atomic E-state index is 9.33. The van der Waals surface area contributed by atoms with Crippen LogP contribution >= 0.6 is 0 Å². The van der Waals surface area contributed by atoms with Gasteiger partial charge in [0.15, 0.2) is 0 Å². The van der Waals surface area contributed by atoms with Crippen LogP contribution in [-0.2, 0) is 0 Å². The number of aliphatic hydroxyl groups excluding tert-OH is 2. The Labute approximate surface area is 65.3 Å². The van der Waals surface area contributed by atoms with Crippen molar-refractivity contribution in [3.63, 3.8) is 0 Å². The van der Waals surface area contributed by atoms with Crippen molar-refractivity contribution in [2.24, 2.45) is 0 Å². The quantitative estimate of drug-likeness (QED) is 0.688. The zero-order valence-electron chi connectivity index (χ0n) is 6.40. The summed E-state index contributed by atoms with van der Waals surface area (Å²) in [6.07, 6.45) is 0.360. The van der Waals surface area contributed by atoms with Crippen LogP contribution in [0.4, 0.5) is 0 Å². The Morgan fingerprint density at radius 2 is 2.27 bits per heavy atom. The molecule has 3 nitrogen and oxygen atoms in total. The number of aliphatic hydroxyl groups is 2. The molecular weight excluding hydrogens is 144 g/mol. The van der Waals surface area contributed by atoms with Gasteiger partial charge < -0.3 is 14.6 Å². The van der Waals surface area contributed by atoms with Crippen LogP contribution in [0.25, 0.3) is 0 Å². The Bertz CT molecular complexity index is 193. The summed E-state index contributed by atoms with van der Waals surface area (Å²) < 4.78 is 4.91. The Morgan fingerprint density at radius 3 is 2.73 bits per heavy atom. The summed E-state index contributed by atoms with van der Waals surface area (Å²) in [5, 5.41) is 18.5. The minimum absolute atomic E-state index is 0.416. The van der Waals surface area contributed by atoms with Gasteiger partial charge in [-0.3, -0.25) is 0 Å². The predicted octanol–water partition coefficient (Wildman–Crippen LogP) is 1.08. The van der Waals surface area contributed by atoms with Crippen molar-refractivity contribution in [2.45, 2.75) is 25.6 Å². The van der Waals surface area contributed by atoms with Gasteiger partial charge >= 0.3 is 0 Å². The fraction of sp³-hybridized carbons (Fsp3) is 0.500. The fourth-order valence-electron chi connectivity index (χ4n) is 0.872. The normalized spacial score (nSPS) is 16.3. The maximum absolute atomic E-state index is 9.33. The maximum Gasteiger partial charge on any atom is 0.137 e. The lowest BCUT2D eigenvalue weighted by Crippen LogP contribution is -2.16. The van der Waals surface area contributed by atoms with Crippen LogP contribution in [0.3, 0.4) is 0 Å². The van der Waals surface area contributed by atoms with Gasteiger partial charge in [0, 0.05) is 0 Å². The van der Waals surface area contributed by atoms with Gasteiger partial charge in [0.1, 0.15) is 11.9 Å². The molecule has 0 amide bonds. The third-order valence-electron chi connectivity index (χ3n) is 1.62.